The van der Waals surface area contributed by atoms with Crippen LogP contribution < -0.4 is 20.1 Å². The number of nitrogens with one attached hydrogen (secondary N) is 2. The SMILES string of the molecule is O=C(O)c1cccc(OCCNC(=O)c2cncc(C(=O)NCCOc3cccc(C(=O)O)c3)c2)c1. The minimum absolute atomic E-state index is 0.0941. The molecule has 1 heterocycles. The molecule has 0 bridgehead atoms. The van der Waals surface area contributed by atoms with Gasteiger partial charge in [-0.3, -0.25) is 14.6 Å². The number of carbonyl (C=O) groups is 4. The molecule has 0 atom stereocenters. The molecule has 2 aromatic carbocycles. The van der Waals surface area contributed by atoms with Crippen molar-refractivity contribution >= 4 is 23.8 Å². The fraction of sp³-hybridized carbons (Fsp3) is 0.160. The number of pyridine rings is 1. The molecule has 0 unspecified atom stereocenters. The van der Waals surface area contributed by atoms with Gasteiger partial charge in [-0.25, -0.2) is 9.59 Å². The van der Waals surface area contributed by atoms with Crippen LogP contribution in [0.3, 0.4) is 0 Å². The molecule has 3 aromatic rings. The summed E-state index contributed by atoms with van der Waals surface area (Å²) in [6, 6.07) is 13.4. The molecule has 3 rings (SSSR count). The standard InChI is InChI=1S/C25H23N3O8/c29-22(27-7-9-35-20-5-1-3-16(12-20)24(31)32)18-11-19(15-26-14-18)23(30)28-8-10-36-21-6-2-4-17(13-21)25(33)34/h1-6,11-15H,7-10H2,(H,27,29)(H,28,30)(H,31,32)(H,33,34). The zero-order valence-corrected chi connectivity index (χ0v) is 19.0. The van der Waals surface area contributed by atoms with Crippen molar-refractivity contribution in [1.29, 1.82) is 0 Å². The minimum atomic E-state index is -1.07. The Balaban J connectivity index is 1.43. The van der Waals surface area contributed by atoms with Gasteiger partial charge in [-0.15, -0.1) is 0 Å². The Morgan fingerprint density at radius 1 is 0.667 bits per heavy atom. The first-order valence-corrected chi connectivity index (χ1v) is 10.8. The van der Waals surface area contributed by atoms with Crippen LogP contribution in [0.2, 0.25) is 0 Å². The second kappa shape index (κ2) is 12.5. The maximum absolute atomic E-state index is 12.4. The lowest BCUT2D eigenvalue weighted by Gasteiger charge is -2.10. The summed E-state index contributed by atoms with van der Waals surface area (Å²) in [5, 5.41) is 23.3. The van der Waals surface area contributed by atoms with Gasteiger partial charge in [0.25, 0.3) is 11.8 Å². The van der Waals surface area contributed by atoms with Gasteiger partial charge in [0.05, 0.1) is 35.3 Å². The Hall–Kier alpha value is -4.93. The van der Waals surface area contributed by atoms with Crippen LogP contribution in [-0.4, -0.2) is 65.3 Å². The van der Waals surface area contributed by atoms with Crippen molar-refractivity contribution in [2.24, 2.45) is 0 Å². The van der Waals surface area contributed by atoms with E-state index < -0.39 is 23.8 Å². The van der Waals surface area contributed by atoms with Crippen LogP contribution in [0, 0.1) is 0 Å². The van der Waals surface area contributed by atoms with E-state index in [1.807, 2.05) is 0 Å². The number of carboxylic acid groups (broad SMARTS) is 2. The monoisotopic (exact) mass is 493 g/mol. The van der Waals surface area contributed by atoms with E-state index in [2.05, 4.69) is 15.6 Å². The van der Waals surface area contributed by atoms with E-state index in [9.17, 15) is 19.2 Å². The molecule has 0 aliphatic heterocycles. The second-order valence-electron chi connectivity index (χ2n) is 7.34. The van der Waals surface area contributed by atoms with Crippen LogP contribution in [0.4, 0.5) is 0 Å². The Morgan fingerprint density at radius 3 is 1.53 bits per heavy atom. The molecule has 4 N–H and O–H groups in total. The maximum atomic E-state index is 12.4. The molecule has 0 radical (unpaired) electrons. The highest BCUT2D eigenvalue weighted by atomic mass is 16.5. The van der Waals surface area contributed by atoms with E-state index >= 15 is 0 Å². The Bertz CT molecular complexity index is 1170. The predicted molar refractivity (Wildman–Crippen MR) is 127 cm³/mol. The summed E-state index contributed by atoms with van der Waals surface area (Å²) in [5.41, 5.74) is 0.544. The number of carboxylic acids is 2. The van der Waals surface area contributed by atoms with E-state index in [1.165, 1.54) is 42.7 Å². The fourth-order valence-electron chi connectivity index (χ4n) is 3.00. The summed E-state index contributed by atoms with van der Waals surface area (Å²) < 4.78 is 10.9. The third-order valence-electron chi connectivity index (χ3n) is 4.74. The molecule has 0 saturated heterocycles. The zero-order chi connectivity index (χ0) is 25.9. The largest absolute Gasteiger partial charge is 0.492 e. The smallest absolute Gasteiger partial charge is 0.335 e. The molecule has 0 spiro atoms. The van der Waals surface area contributed by atoms with Gasteiger partial charge in [0.15, 0.2) is 0 Å². The van der Waals surface area contributed by atoms with Gasteiger partial charge >= 0.3 is 11.9 Å². The second-order valence-corrected chi connectivity index (χ2v) is 7.34. The molecule has 186 valence electrons. The quantitative estimate of drug-likeness (QED) is 0.277. The summed E-state index contributed by atoms with van der Waals surface area (Å²) in [4.78, 5) is 50.7. The van der Waals surface area contributed by atoms with Gasteiger partial charge in [0.2, 0.25) is 0 Å². The average molecular weight is 493 g/mol. The van der Waals surface area contributed by atoms with Crippen LogP contribution >= 0.6 is 0 Å². The minimum Gasteiger partial charge on any atom is -0.492 e. The number of nitrogens with zero attached hydrogens (tertiary/aromatic N) is 1. The molecule has 2 amide bonds. The van der Waals surface area contributed by atoms with E-state index in [-0.39, 0.29) is 48.6 Å². The summed E-state index contributed by atoms with van der Waals surface area (Å²) in [5.74, 6) is -2.32. The van der Waals surface area contributed by atoms with Crippen molar-refractivity contribution in [2.45, 2.75) is 0 Å². The molecule has 0 aliphatic rings. The Morgan fingerprint density at radius 2 is 1.11 bits per heavy atom. The van der Waals surface area contributed by atoms with Crippen molar-refractivity contribution in [2.75, 3.05) is 26.3 Å². The number of carbonyl (C=O) groups excluding carboxylic acids is 2. The first kappa shape index (κ1) is 25.7. The first-order chi connectivity index (χ1) is 17.3. The number of hydrogen-bond acceptors (Lipinski definition) is 7. The number of hydrogen-bond donors (Lipinski definition) is 4. The number of rotatable bonds is 12. The Kier molecular flexibility index (Phi) is 8.93. The summed E-state index contributed by atoms with van der Waals surface area (Å²) in [7, 11) is 0. The van der Waals surface area contributed by atoms with E-state index in [4.69, 9.17) is 19.7 Å². The highest BCUT2D eigenvalue weighted by Crippen LogP contribution is 2.14. The molecule has 0 fully saturated rings. The van der Waals surface area contributed by atoms with Crippen molar-refractivity contribution in [3.05, 3.63) is 89.2 Å². The van der Waals surface area contributed by atoms with Gasteiger partial charge < -0.3 is 30.3 Å². The number of amides is 2. The number of aromatic nitrogens is 1. The van der Waals surface area contributed by atoms with E-state index in [0.29, 0.717) is 11.5 Å². The van der Waals surface area contributed by atoms with Crippen LogP contribution in [0.25, 0.3) is 0 Å². The molecular weight excluding hydrogens is 470 g/mol. The molecule has 0 saturated carbocycles. The van der Waals surface area contributed by atoms with Gasteiger partial charge in [0.1, 0.15) is 24.7 Å². The van der Waals surface area contributed by atoms with Crippen molar-refractivity contribution in [1.82, 2.24) is 15.6 Å². The van der Waals surface area contributed by atoms with E-state index in [1.54, 1.807) is 24.3 Å². The summed E-state index contributed by atoms with van der Waals surface area (Å²) in [6.07, 6.45) is 2.64. The highest BCUT2D eigenvalue weighted by Gasteiger charge is 2.12. The van der Waals surface area contributed by atoms with Crippen LogP contribution in [-0.2, 0) is 0 Å². The predicted octanol–water partition coefficient (Wildman–Crippen LogP) is 2.10. The average Bonchev–Trinajstić information content (AvgIpc) is 2.89. The molecule has 11 heteroatoms. The lowest BCUT2D eigenvalue weighted by Crippen LogP contribution is -2.30. The molecular formula is C25H23N3O8. The van der Waals surface area contributed by atoms with Crippen LogP contribution in [0.1, 0.15) is 41.4 Å². The number of aromatic carboxylic acids is 2. The van der Waals surface area contributed by atoms with Crippen molar-refractivity contribution in [3.8, 4) is 11.5 Å². The molecule has 1 aromatic heterocycles. The van der Waals surface area contributed by atoms with Crippen LogP contribution in [0.5, 0.6) is 11.5 Å². The Labute approximate surface area is 205 Å². The van der Waals surface area contributed by atoms with Crippen molar-refractivity contribution in [3.63, 3.8) is 0 Å². The summed E-state index contributed by atoms with van der Waals surface area (Å²) in [6.45, 7) is 0.509. The third kappa shape index (κ3) is 7.55. The molecule has 36 heavy (non-hydrogen) atoms. The molecule has 0 aliphatic carbocycles. The van der Waals surface area contributed by atoms with Gasteiger partial charge in [-0.05, 0) is 42.5 Å². The van der Waals surface area contributed by atoms with Crippen molar-refractivity contribution < 1.29 is 38.9 Å². The lowest BCUT2D eigenvalue weighted by atomic mass is 10.2. The number of ether oxygens (including phenoxy) is 2. The lowest BCUT2D eigenvalue weighted by molar-refractivity contribution is 0.0685. The molecule has 11 nitrogen and oxygen atoms in total. The van der Waals surface area contributed by atoms with E-state index in [0.717, 1.165) is 0 Å². The normalized spacial score (nSPS) is 10.2. The van der Waals surface area contributed by atoms with Gasteiger partial charge in [0, 0.05) is 12.4 Å². The van der Waals surface area contributed by atoms with Gasteiger partial charge in [-0.2, -0.15) is 0 Å². The zero-order valence-electron chi connectivity index (χ0n) is 19.0. The fourth-order valence-corrected chi connectivity index (χ4v) is 3.00. The summed E-state index contributed by atoms with van der Waals surface area (Å²) >= 11 is 0. The third-order valence-corrected chi connectivity index (χ3v) is 4.74. The van der Waals surface area contributed by atoms with Crippen LogP contribution in [0.15, 0.2) is 67.0 Å². The first-order valence-electron chi connectivity index (χ1n) is 10.8. The maximum Gasteiger partial charge on any atom is 0.335 e. The topological polar surface area (TPSA) is 164 Å². The van der Waals surface area contributed by atoms with Gasteiger partial charge in [-0.1, -0.05) is 12.1 Å². The highest BCUT2D eigenvalue weighted by molar-refractivity contribution is 5.99. The number of benzene rings is 2.